The van der Waals surface area contributed by atoms with Crippen LogP contribution in [0.4, 0.5) is 0 Å². The topological polar surface area (TPSA) is 21.6 Å². The van der Waals surface area contributed by atoms with Gasteiger partial charge in [0.15, 0.2) is 0 Å². The van der Waals surface area contributed by atoms with Gasteiger partial charge in [0.1, 0.15) is 5.75 Å². The smallest absolute Gasteiger partial charge is 0.122 e. The van der Waals surface area contributed by atoms with Crippen molar-refractivity contribution in [3.63, 3.8) is 0 Å². The van der Waals surface area contributed by atoms with E-state index in [4.69, 9.17) is 4.74 Å². The number of benzene rings is 1. The maximum absolute atomic E-state index is 5.58. The van der Waals surface area contributed by atoms with Crippen LogP contribution in [0.1, 0.15) is 17.5 Å². The number of thioether (sulfide) groups is 1. The first-order chi connectivity index (χ1) is 7.35. The maximum atomic E-state index is 5.58. The lowest BCUT2D eigenvalue weighted by molar-refractivity contribution is 0.288. The highest BCUT2D eigenvalue weighted by molar-refractivity contribution is 8.13. The van der Waals surface area contributed by atoms with Crippen molar-refractivity contribution in [2.24, 2.45) is 4.99 Å². The third-order valence-electron chi connectivity index (χ3n) is 2.55. The molecule has 2 nitrogen and oxygen atoms in total. The van der Waals surface area contributed by atoms with Gasteiger partial charge in [-0.05, 0) is 42.9 Å². The molecule has 0 N–H and O–H groups in total. The Hall–Kier alpha value is -0.960. The van der Waals surface area contributed by atoms with Crippen LogP contribution in [0.5, 0.6) is 5.75 Å². The van der Waals surface area contributed by atoms with Crippen LogP contribution in [-0.4, -0.2) is 25.0 Å². The van der Waals surface area contributed by atoms with Gasteiger partial charge in [-0.25, -0.2) is 0 Å². The van der Waals surface area contributed by atoms with Crippen LogP contribution >= 0.6 is 11.8 Å². The van der Waals surface area contributed by atoms with Gasteiger partial charge in [-0.1, -0.05) is 0 Å². The molecule has 0 atom stereocenters. The van der Waals surface area contributed by atoms with E-state index in [2.05, 4.69) is 29.4 Å². The van der Waals surface area contributed by atoms with Gasteiger partial charge in [0.2, 0.25) is 0 Å². The number of aryl methyl sites for hydroxylation is 1. The minimum Gasteiger partial charge on any atom is -0.493 e. The summed E-state index contributed by atoms with van der Waals surface area (Å²) in [5.74, 6) is 1.04. The van der Waals surface area contributed by atoms with Crippen molar-refractivity contribution in [2.75, 3.05) is 19.9 Å². The van der Waals surface area contributed by atoms with E-state index in [1.54, 1.807) is 11.8 Å². The first-order valence-corrected chi connectivity index (χ1v) is 6.34. The third-order valence-corrected chi connectivity index (χ3v) is 3.36. The summed E-state index contributed by atoms with van der Waals surface area (Å²) in [6.45, 7) is 0.851. The van der Waals surface area contributed by atoms with E-state index in [9.17, 15) is 0 Å². The Bertz CT molecular complexity index is 387. The van der Waals surface area contributed by atoms with E-state index in [0.717, 1.165) is 30.2 Å². The monoisotopic (exact) mass is 221 g/mol. The highest BCUT2D eigenvalue weighted by atomic mass is 32.2. The summed E-state index contributed by atoms with van der Waals surface area (Å²) >= 11 is 1.68. The van der Waals surface area contributed by atoms with Crippen LogP contribution in [0.15, 0.2) is 23.2 Å². The average Bonchev–Trinajstić information content (AvgIpc) is 2.30. The molecule has 3 heteroatoms. The Balaban J connectivity index is 2.35. The summed E-state index contributed by atoms with van der Waals surface area (Å²) in [7, 11) is 1.84. The Morgan fingerprint density at radius 1 is 1.47 bits per heavy atom. The van der Waals surface area contributed by atoms with Crippen molar-refractivity contribution in [1.29, 1.82) is 0 Å². The van der Waals surface area contributed by atoms with Crippen molar-refractivity contribution in [3.8, 4) is 5.75 Å². The average molecular weight is 221 g/mol. The third kappa shape index (κ3) is 2.17. The second-order valence-electron chi connectivity index (χ2n) is 3.51. The van der Waals surface area contributed by atoms with Gasteiger partial charge in [0, 0.05) is 12.6 Å². The van der Waals surface area contributed by atoms with Crippen molar-refractivity contribution >= 4 is 16.8 Å². The molecule has 0 aliphatic carbocycles. The molecule has 0 unspecified atom stereocenters. The van der Waals surface area contributed by atoms with Crippen molar-refractivity contribution in [1.82, 2.24) is 0 Å². The standard InChI is InChI=1S/C12H15NOS/c1-13-12(15-2)10-5-6-11-9(8-10)4-3-7-14-11/h5-6,8H,3-4,7H2,1-2H3. The van der Waals surface area contributed by atoms with Gasteiger partial charge < -0.3 is 4.74 Å². The van der Waals surface area contributed by atoms with Gasteiger partial charge in [-0.3, -0.25) is 4.99 Å². The number of rotatable bonds is 1. The molecule has 0 fully saturated rings. The summed E-state index contributed by atoms with van der Waals surface area (Å²) in [4.78, 5) is 4.26. The molecule has 0 saturated heterocycles. The zero-order valence-corrected chi connectivity index (χ0v) is 9.93. The molecule has 0 spiro atoms. The van der Waals surface area contributed by atoms with Crippen LogP contribution in [0.2, 0.25) is 0 Å². The molecule has 0 bridgehead atoms. The molecular formula is C12H15NOS. The molecule has 0 radical (unpaired) electrons. The Labute approximate surface area is 94.7 Å². The van der Waals surface area contributed by atoms with Crippen LogP contribution in [-0.2, 0) is 6.42 Å². The summed E-state index contributed by atoms with van der Waals surface area (Å²) in [5, 5.41) is 1.09. The molecule has 1 aromatic rings. The Kier molecular flexibility index (Phi) is 3.31. The fraction of sp³-hybridized carbons (Fsp3) is 0.417. The fourth-order valence-electron chi connectivity index (χ4n) is 1.83. The summed E-state index contributed by atoms with van der Waals surface area (Å²) in [6.07, 6.45) is 4.29. The normalized spacial score (nSPS) is 15.7. The van der Waals surface area contributed by atoms with Crippen LogP contribution in [0.25, 0.3) is 0 Å². The number of hydrogen-bond acceptors (Lipinski definition) is 3. The highest BCUT2D eigenvalue weighted by Crippen LogP contribution is 2.26. The molecule has 0 aromatic heterocycles. The van der Waals surface area contributed by atoms with Gasteiger partial charge in [-0.15, -0.1) is 11.8 Å². The molecule has 15 heavy (non-hydrogen) atoms. The van der Waals surface area contributed by atoms with Crippen LogP contribution in [0, 0.1) is 0 Å². The predicted octanol–water partition coefficient (Wildman–Crippen LogP) is 2.75. The van der Waals surface area contributed by atoms with Gasteiger partial charge in [0.05, 0.1) is 11.7 Å². The van der Waals surface area contributed by atoms with Gasteiger partial charge in [-0.2, -0.15) is 0 Å². The lowest BCUT2D eigenvalue weighted by Gasteiger charge is -2.17. The maximum Gasteiger partial charge on any atom is 0.122 e. The van der Waals surface area contributed by atoms with Crippen LogP contribution < -0.4 is 4.74 Å². The van der Waals surface area contributed by atoms with Crippen LogP contribution in [0.3, 0.4) is 0 Å². The first-order valence-electron chi connectivity index (χ1n) is 5.12. The summed E-state index contributed by atoms with van der Waals surface area (Å²) in [5.41, 5.74) is 2.52. The summed E-state index contributed by atoms with van der Waals surface area (Å²) < 4.78 is 5.58. The fourth-order valence-corrected chi connectivity index (χ4v) is 2.38. The number of ether oxygens (including phenoxy) is 1. The first kappa shape index (κ1) is 10.6. The van der Waals surface area contributed by atoms with E-state index in [1.165, 1.54) is 11.1 Å². The van der Waals surface area contributed by atoms with E-state index >= 15 is 0 Å². The largest absolute Gasteiger partial charge is 0.493 e. The van der Waals surface area contributed by atoms with Crippen molar-refractivity contribution in [2.45, 2.75) is 12.8 Å². The van der Waals surface area contributed by atoms with Gasteiger partial charge in [0.25, 0.3) is 0 Å². The van der Waals surface area contributed by atoms with Gasteiger partial charge >= 0.3 is 0 Å². The molecule has 1 aliphatic rings. The molecule has 1 aromatic carbocycles. The number of aliphatic imine (C=N–C) groups is 1. The second kappa shape index (κ2) is 4.71. The molecule has 2 rings (SSSR count). The molecule has 0 saturated carbocycles. The van der Waals surface area contributed by atoms with E-state index in [-0.39, 0.29) is 0 Å². The molecule has 0 amide bonds. The second-order valence-corrected chi connectivity index (χ2v) is 4.30. The van der Waals surface area contributed by atoms with E-state index in [1.807, 2.05) is 7.05 Å². The lowest BCUT2D eigenvalue weighted by Crippen LogP contribution is -2.09. The quantitative estimate of drug-likeness (QED) is 0.537. The summed E-state index contributed by atoms with van der Waals surface area (Å²) in [6, 6.07) is 6.35. The van der Waals surface area contributed by atoms with Crippen molar-refractivity contribution in [3.05, 3.63) is 29.3 Å². The highest BCUT2D eigenvalue weighted by Gasteiger charge is 2.11. The minimum atomic E-state index is 0.851. The zero-order chi connectivity index (χ0) is 10.7. The van der Waals surface area contributed by atoms with E-state index < -0.39 is 0 Å². The lowest BCUT2D eigenvalue weighted by atomic mass is 10.0. The predicted molar refractivity (Wildman–Crippen MR) is 66.2 cm³/mol. The SMILES string of the molecule is CN=C(SC)c1ccc2c(c1)CCCO2. The number of nitrogens with zero attached hydrogens (tertiary/aromatic N) is 1. The molecule has 1 heterocycles. The van der Waals surface area contributed by atoms with E-state index in [0.29, 0.717) is 0 Å². The van der Waals surface area contributed by atoms with Crippen molar-refractivity contribution < 1.29 is 4.74 Å². The Morgan fingerprint density at radius 2 is 2.33 bits per heavy atom. The zero-order valence-electron chi connectivity index (χ0n) is 9.12. The minimum absolute atomic E-state index is 0.851. The number of fused-ring (bicyclic) bond motifs is 1. The number of hydrogen-bond donors (Lipinski definition) is 0. The Morgan fingerprint density at radius 3 is 3.07 bits per heavy atom. The molecule has 80 valence electrons. The molecular weight excluding hydrogens is 206 g/mol. The molecule has 1 aliphatic heterocycles.